The maximum absolute atomic E-state index is 13.2. The van der Waals surface area contributed by atoms with Crippen LogP contribution in [0.4, 0.5) is 11.4 Å². The molecular weight excluding hydrogens is 472 g/mol. The van der Waals surface area contributed by atoms with E-state index in [1.807, 2.05) is 50.2 Å². The first-order valence-electron chi connectivity index (χ1n) is 10.4. The molecule has 0 spiro atoms. The Morgan fingerprint density at radius 1 is 1.16 bits per heavy atom. The summed E-state index contributed by atoms with van der Waals surface area (Å²) in [6, 6.07) is 16.1. The highest BCUT2D eigenvalue weighted by Gasteiger charge is 2.32. The molecule has 0 saturated carbocycles. The van der Waals surface area contributed by atoms with Crippen molar-refractivity contribution in [3.05, 3.63) is 86.2 Å². The lowest BCUT2D eigenvalue weighted by molar-refractivity contribution is -0.116. The highest BCUT2D eigenvalue weighted by Crippen LogP contribution is 2.32. The smallest absolute Gasteiger partial charge is 0.278 e. The van der Waals surface area contributed by atoms with Crippen molar-refractivity contribution in [3.8, 4) is 0 Å². The molecule has 1 aliphatic rings. The number of carbonyl (C=O) groups excluding carboxylic acids is 2. The highest BCUT2D eigenvalue weighted by molar-refractivity contribution is 9.10. The molecule has 0 aliphatic carbocycles. The van der Waals surface area contributed by atoms with E-state index in [1.54, 1.807) is 11.0 Å². The van der Waals surface area contributed by atoms with E-state index >= 15 is 0 Å². The van der Waals surface area contributed by atoms with Gasteiger partial charge in [-0.1, -0.05) is 34.1 Å². The van der Waals surface area contributed by atoms with Crippen LogP contribution in [0.5, 0.6) is 0 Å². The van der Waals surface area contributed by atoms with E-state index in [0.717, 1.165) is 27.7 Å². The number of anilines is 2. The van der Waals surface area contributed by atoms with Crippen LogP contribution in [0.25, 0.3) is 0 Å². The van der Waals surface area contributed by atoms with Crippen LogP contribution in [0.1, 0.15) is 35.0 Å². The van der Waals surface area contributed by atoms with Crippen molar-refractivity contribution < 1.29 is 9.59 Å². The van der Waals surface area contributed by atoms with E-state index in [9.17, 15) is 14.4 Å². The second-order valence-electron chi connectivity index (χ2n) is 7.90. The molecule has 0 radical (unpaired) electrons. The van der Waals surface area contributed by atoms with Crippen molar-refractivity contribution in [3.63, 3.8) is 0 Å². The number of nitrogens with one attached hydrogen (secondary N) is 1. The van der Waals surface area contributed by atoms with Crippen molar-refractivity contribution in [2.24, 2.45) is 0 Å². The zero-order chi connectivity index (χ0) is 22.8. The molecule has 4 rings (SSSR count). The maximum atomic E-state index is 13.2. The molecule has 2 amide bonds. The molecule has 3 aromatic rings. The van der Waals surface area contributed by atoms with Gasteiger partial charge >= 0.3 is 0 Å². The number of hydrogen-bond donors (Lipinski definition) is 1. The van der Waals surface area contributed by atoms with E-state index in [1.165, 1.54) is 16.8 Å². The average molecular weight is 495 g/mol. The number of fused-ring (bicyclic) bond motifs is 1. The first-order valence-corrected chi connectivity index (χ1v) is 11.2. The van der Waals surface area contributed by atoms with Crippen LogP contribution < -0.4 is 15.8 Å². The monoisotopic (exact) mass is 494 g/mol. The third kappa shape index (κ3) is 4.50. The molecule has 7 nitrogen and oxygen atoms in total. The SMILES string of the molecule is Cc1cc(NC(=O)CCn2nc(C(=O)N3c4ccccc4CC3C)ccc2=O)ccc1Br. The lowest BCUT2D eigenvalue weighted by Crippen LogP contribution is -2.37. The molecule has 0 bridgehead atoms. The standard InChI is InChI=1S/C24H23BrN4O3/c1-15-13-18(7-8-19(15)25)26-22(30)11-12-28-23(31)10-9-20(27-28)24(32)29-16(2)14-17-5-3-4-6-21(17)29/h3-10,13,16H,11-12,14H2,1-2H3,(H,26,30). The Balaban J connectivity index is 1.47. The molecule has 2 heterocycles. The number of hydrogen-bond acceptors (Lipinski definition) is 4. The summed E-state index contributed by atoms with van der Waals surface area (Å²) in [6.45, 7) is 4.00. The molecule has 8 heteroatoms. The zero-order valence-electron chi connectivity index (χ0n) is 17.8. The molecule has 1 atom stereocenters. The second kappa shape index (κ2) is 9.08. The number of aryl methyl sites for hydroxylation is 2. The third-order valence-electron chi connectivity index (χ3n) is 5.50. The average Bonchev–Trinajstić information content (AvgIpc) is 3.11. The van der Waals surface area contributed by atoms with E-state index < -0.39 is 0 Å². The normalized spacial score (nSPS) is 14.8. The van der Waals surface area contributed by atoms with Crippen LogP contribution in [0.15, 0.2) is 63.9 Å². The third-order valence-corrected chi connectivity index (χ3v) is 6.39. The van der Waals surface area contributed by atoms with Crippen LogP contribution in [-0.4, -0.2) is 27.6 Å². The van der Waals surface area contributed by atoms with Gasteiger partial charge in [0, 0.05) is 34.4 Å². The van der Waals surface area contributed by atoms with Gasteiger partial charge in [0.1, 0.15) is 5.69 Å². The summed E-state index contributed by atoms with van der Waals surface area (Å²) in [5.74, 6) is -0.495. The first kappa shape index (κ1) is 22.0. The van der Waals surface area contributed by atoms with E-state index in [0.29, 0.717) is 5.69 Å². The number of amides is 2. The van der Waals surface area contributed by atoms with Crippen molar-refractivity contribution in [1.82, 2.24) is 9.78 Å². The van der Waals surface area contributed by atoms with Gasteiger partial charge in [0.05, 0.1) is 6.54 Å². The van der Waals surface area contributed by atoms with Gasteiger partial charge in [0.2, 0.25) is 5.91 Å². The summed E-state index contributed by atoms with van der Waals surface area (Å²) >= 11 is 3.43. The summed E-state index contributed by atoms with van der Waals surface area (Å²) in [5, 5.41) is 7.08. The summed E-state index contributed by atoms with van der Waals surface area (Å²) in [4.78, 5) is 39.5. The number of rotatable bonds is 5. The Bertz CT molecular complexity index is 1250. The number of benzene rings is 2. The van der Waals surface area contributed by atoms with Gasteiger partial charge in [-0.2, -0.15) is 5.10 Å². The van der Waals surface area contributed by atoms with Crippen molar-refractivity contribution in [2.75, 3.05) is 10.2 Å². The van der Waals surface area contributed by atoms with Crippen LogP contribution >= 0.6 is 15.9 Å². The number of para-hydroxylation sites is 1. The predicted molar refractivity (Wildman–Crippen MR) is 127 cm³/mol. The van der Waals surface area contributed by atoms with E-state index in [2.05, 4.69) is 26.3 Å². The van der Waals surface area contributed by atoms with E-state index in [-0.39, 0.29) is 42.1 Å². The molecule has 1 N–H and O–H groups in total. The molecular formula is C24H23BrN4O3. The van der Waals surface area contributed by atoms with Crippen molar-refractivity contribution >= 4 is 39.1 Å². The number of halogens is 1. The maximum Gasteiger partial charge on any atom is 0.278 e. The Labute approximate surface area is 194 Å². The summed E-state index contributed by atoms with van der Waals surface area (Å²) < 4.78 is 2.13. The Morgan fingerprint density at radius 3 is 2.72 bits per heavy atom. The van der Waals surface area contributed by atoms with Gasteiger partial charge < -0.3 is 10.2 Å². The largest absolute Gasteiger partial charge is 0.326 e. The van der Waals surface area contributed by atoms with Crippen LogP contribution in [-0.2, 0) is 17.8 Å². The lowest BCUT2D eigenvalue weighted by atomic mass is 10.1. The first-order chi connectivity index (χ1) is 15.3. The fraction of sp³-hybridized carbons (Fsp3) is 0.250. The lowest BCUT2D eigenvalue weighted by Gasteiger charge is -2.22. The summed E-state index contributed by atoms with van der Waals surface area (Å²) in [7, 11) is 0. The number of carbonyl (C=O) groups is 2. The van der Waals surface area contributed by atoms with Crippen LogP contribution in [0.3, 0.4) is 0 Å². The minimum Gasteiger partial charge on any atom is -0.326 e. The Morgan fingerprint density at radius 2 is 1.94 bits per heavy atom. The fourth-order valence-electron chi connectivity index (χ4n) is 3.87. The molecule has 1 aliphatic heterocycles. The summed E-state index contributed by atoms with van der Waals surface area (Å²) in [6.07, 6.45) is 0.833. The number of aromatic nitrogens is 2. The topological polar surface area (TPSA) is 84.3 Å². The molecule has 1 aromatic heterocycles. The van der Waals surface area contributed by atoms with Gasteiger partial charge in [-0.25, -0.2) is 4.68 Å². The minimum atomic E-state index is -0.358. The quantitative estimate of drug-likeness (QED) is 0.582. The van der Waals surface area contributed by atoms with Gasteiger partial charge in [0.15, 0.2) is 0 Å². The molecule has 0 saturated heterocycles. The Kier molecular flexibility index (Phi) is 6.23. The number of nitrogens with zero attached hydrogens (tertiary/aromatic N) is 3. The molecule has 164 valence electrons. The van der Waals surface area contributed by atoms with Crippen molar-refractivity contribution in [2.45, 2.75) is 39.3 Å². The molecule has 1 unspecified atom stereocenters. The Hall–Kier alpha value is -3.26. The van der Waals surface area contributed by atoms with Crippen LogP contribution in [0.2, 0.25) is 0 Å². The molecule has 0 fully saturated rings. The van der Waals surface area contributed by atoms with Gasteiger partial charge in [-0.15, -0.1) is 0 Å². The minimum absolute atomic E-state index is 0.00206. The summed E-state index contributed by atoms with van der Waals surface area (Å²) in [5.41, 5.74) is 3.49. The predicted octanol–water partition coefficient (Wildman–Crippen LogP) is 3.93. The van der Waals surface area contributed by atoms with E-state index in [4.69, 9.17) is 0 Å². The van der Waals surface area contributed by atoms with Gasteiger partial charge in [-0.05, 0) is 61.7 Å². The highest BCUT2D eigenvalue weighted by atomic mass is 79.9. The van der Waals surface area contributed by atoms with Gasteiger partial charge in [0.25, 0.3) is 11.5 Å². The van der Waals surface area contributed by atoms with Crippen molar-refractivity contribution in [1.29, 1.82) is 0 Å². The van der Waals surface area contributed by atoms with Crippen LogP contribution in [0, 0.1) is 6.92 Å². The molecule has 32 heavy (non-hydrogen) atoms. The fourth-order valence-corrected chi connectivity index (χ4v) is 4.12. The second-order valence-corrected chi connectivity index (χ2v) is 8.75. The molecule has 2 aromatic carbocycles. The van der Waals surface area contributed by atoms with Gasteiger partial charge in [-0.3, -0.25) is 14.4 Å². The zero-order valence-corrected chi connectivity index (χ0v) is 19.4.